The second-order valence-corrected chi connectivity index (χ2v) is 13.6. The van der Waals surface area contributed by atoms with Gasteiger partial charge >= 0.3 is 11.9 Å². The molecule has 0 aliphatic heterocycles. The number of esters is 1. The van der Waals surface area contributed by atoms with Crippen LogP contribution in [-0.4, -0.2) is 45.6 Å². The first kappa shape index (κ1) is 28.4. The van der Waals surface area contributed by atoms with Crippen LogP contribution in [0, 0.1) is 39.9 Å². The zero-order valence-corrected chi connectivity index (χ0v) is 23.8. The molecule has 0 aromatic carbocycles. The van der Waals surface area contributed by atoms with Gasteiger partial charge in [-0.05, 0) is 111 Å². The zero-order valence-electron chi connectivity index (χ0n) is 23.8. The highest BCUT2D eigenvalue weighted by Crippen LogP contribution is 2.74. The van der Waals surface area contributed by atoms with Crippen molar-refractivity contribution < 1.29 is 29.6 Å². The summed E-state index contributed by atoms with van der Waals surface area (Å²) in [6, 6.07) is 0. The Morgan fingerprint density at radius 2 is 1.70 bits per heavy atom. The van der Waals surface area contributed by atoms with Crippen molar-refractivity contribution >= 4 is 11.9 Å². The molecule has 0 bridgehead atoms. The topological polar surface area (TPSA) is 104 Å². The summed E-state index contributed by atoms with van der Waals surface area (Å²) >= 11 is 0. The van der Waals surface area contributed by atoms with E-state index in [0.29, 0.717) is 37.2 Å². The van der Waals surface area contributed by atoms with E-state index in [-0.39, 0.29) is 40.1 Å². The number of hydrogen-bond acceptors (Lipinski definition) is 5. The van der Waals surface area contributed by atoms with E-state index in [0.717, 1.165) is 36.8 Å². The molecule has 10 atom stereocenters. The summed E-state index contributed by atoms with van der Waals surface area (Å²) in [5, 5.41) is 32.9. The van der Waals surface area contributed by atoms with Crippen LogP contribution in [0.5, 0.6) is 0 Å². The number of carbonyl (C=O) groups excluding carboxylic acids is 1. The summed E-state index contributed by atoms with van der Waals surface area (Å²) < 4.78 is 5.87. The zero-order chi connectivity index (χ0) is 27.5. The molecule has 0 unspecified atom stereocenters. The normalized spacial score (nSPS) is 46.2. The second-order valence-electron chi connectivity index (χ2n) is 13.6. The molecule has 4 fully saturated rings. The van der Waals surface area contributed by atoms with Crippen LogP contribution >= 0.6 is 0 Å². The lowest BCUT2D eigenvalue weighted by molar-refractivity contribution is -0.234. The molecule has 0 aromatic rings. The Morgan fingerprint density at radius 1 is 1.03 bits per heavy atom. The van der Waals surface area contributed by atoms with Crippen molar-refractivity contribution in [2.75, 3.05) is 0 Å². The van der Waals surface area contributed by atoms with Crippen LogP contribution in [0.25, 0.3) is 0 Å². The van der Waals surface area contributed by atoms with Crippen molar-refractivity contribution in [3.05, 3.63) is 22.8 Å². The van der Waals surface area contributed by atoms with E-state index in [1.165, 1.54) is 6.92 Å². The molecular weight excluding hydrogens is 468 g/mol. The van der Waals surface area contributed by atoms with Gasteiger partial charge < -0.3 is 20.1 Å². The van der Waals surface area contributed by atoms with Gasteiger partial charge in [0.25, 0.3) is 0 Å². The fourth-order valence-electron chi connectivity index (χ4n) is 9.79. The molecule has 4 saturated carbocycles. The van der Waals surface area contributed by atoms with Gasteiger partial charge in [0.15, 0.2) is 0 Å². The first-order chi connectivity index (χ1) is 17.2. The van der Waals surface area contributed by atoms with Gasteiger partial charge in [0, 0.05) is 12.5 Å². The number of carboxylic acids is 1. The number of carboxylic acid groups (broad SMARTS) is 1. The van der Waals surface area contributed by atoms with Gasteiger partial charge in [0.05, 0.1) is 12.2 Å². The van der Waals surface area contributed by atoms with Gasteiger partial charge in [-0.3, -0.25) is 4.79 Å². The molecule has 4 aliphatic carbocycles. The summed E-state index contributed by atoms with van der Waals surface area (Å²) in [7, 11) is 0. The highest BCUT2D eigenvalue weighted by atomic mass is 16.5. The van der Waals surface area contributed by atoms with Gasteiger partial charge in [0.2, 0.25) is 0 Å². The number of carbonyl (C=O) groups is 2. The number of fused-ring (bicyclic) bond motifs is 5. The minimum atomic E-state index is -0.953. The highest BCUT2D eigenvalue weighted by molar-refractivity contribution is 5.88. The number of allylic oxidation sites excluding steroid dienone is 2. The molecule has 0 radical (unpaired) electrons. The number of ether oxygens (including phenoxy) is 1. The second kappa shape index (κ2) is 9.82. The lowest BCUT2D eigenvalue weighted by atomic mass is 9.36. The molecule has 0 heterocycles. The third-order valence-electron chi connectivity index (χ3n) is 11.6. The average molecular weight is 517 g/mol. The molecule has 0 amide bonds. The fraction of sp³-hybridized carbons (Fsp3) is 0.806. The Kier molecular flexibility index (Phi) is 7.53. The maximum Gasteiger partial charge on any atom is 0.331 e. The van der Waals surface area contributed by atoms with Gasteiger partial charge in [-0.2, -0.15) is 0 Å². The van der Waals surface area contributed by atoms with Gasteiger partial charge in [0.1, 0.15) is 6.10 Å². The Balaban J connectivity index is 1.82. The smallest absolute Gasteiger partial charge is 0.331 e. The average Bonchev–Trinajstić information content (AvgIpc) is 3.05. The van der Waals surface area contributed by atoms with Gasteiger partial charge in [-0.15, -0.1) is 0 Å². The number of aliphatic hydroxyl groups excluding tert-OH is 2. The van der Waals surface area contributed by atoms with Crippen molar-refractivity contribution in [3.63, 3.8) is 0 Å². The lowest BCUT2D eigenvalue weighted by Crippen LogP contribution is -2.65. The van der Waals surface area contributed by atoms with E-state index < -0.39 is 24.1 Å². The number of aliphatic carboxylic acids is 1. The fourth-order valence-corrected chi connectivity index (χ4v) is 9.79. The Labute approximate surface area is 222 Å². The maximum absolute atomic E-state index is 12.6. The standard InChI is InChI=1S/C31H48O6/c1-17(2)9-8-10-20(28(35)36)26-22-15-24(34)27-29(5)13-12-23(33)18(3)21(29)11-14-30(27,6)31(22,7)16-25(26)37-19(4)32/h9,18,21-25,27,33-34H,8,10-16H2,1-7H3,(H,35,36)/b26-20+/t18-,21-,22-,23+,24+,25-,27-,29-,30+,31-/m1/s1. The SMILES string of the molecule is CC(=O)O[C@@H]1C[C@]2(C)[C@H](C[C@H](O)[C@@H]3[C@]4(C)CC[C@H](O)[C@H](C)[C@H]4CC[C@@]32C)/C1=C(/CCC=C(C)C)C(=O)O. The maximum atomic E-state index is 12.6. The molecule has 0 aromatic heterocycles. The van der Waals surface area contributed by atoms with Gasteiger partial charge in [-0.25, -0.2) is 4.79 Å². The van der Waals surface area contributed by atoms with E-state index in [2.05, 4.69) is 27.7 Å². The van der Waals surface area contributed by atoms with E-state index in [1.807, 2.05) is 19.9 Å². The van der Waals surface area contributed by atoms with Crippen molar-refractivity contribution in [2.24, 2.45) is 39.9 Å². The molecule has 3 N–H and O–H groups in total. The summed E-state index contributed by atoms with van der Waals surface area (Å²) in [6.07, 6.45) is 6.22. The molecule has 0 spiro atoms. The molecule has 6 heteroatoms. The number of rotatable bonds is 5. The van der Waals surface area contributed by atoms with Crippen molar-refractivity contribution in [1.29, 1.82) is 0 Å². The minimum Gasteiger partial charge on any atom is -0.478 e. The van der Waals surface area contributed by atoms with E-state index in [1.54, 1.807) is 0 Å². The van der Waals surface area contributed by atoms with E-state index in [4.69, 9.17) is 4.74 Å². The van der Waals surface area contributed by atoms with Crippen molar-refractivity contribution in [3.8, 4) is 0 Å². The number of hydrogen-bond donors (Lipinski definition) is 3. The van der Waals surface area contributed by atoms with Crippen LogP contribution in [0.1, 0.15) is 99.8 Å². The molecule has 208 valence electrons. The quantitative estimate of drug-likeness (QED) is 0.247. The monoisotopic (exact) mass is 516 g/mol. The third-order valence-corrected chi connectivity index (χ3v) is 11.6. The molecule has 37 heavy (non-hydrogen) atoms. The minimum absolute atomic E-state index is 0.0474. The Hall–Kier alpha value is -1.66. The first-order valence-electron chi connectivity index (χ1n) is 14.3. The molecular formula is C31H48O6. The van der Waals surface area contributed by atoms with Crippen molar-refractivity contribution in [1.82, 2.24) is 0 Å². The van der Waals surface area contributed by atoms with Crippen LogP contribution in [0.4, 0.5) is 0 Å². The lowest BCUT2D eigenvalue weighted by Gasteiger charge is -2.69. The van der Waals surface area contributed by atoms with Crippen LogP contribution < -0.4 is 0 Å². The third kappa shape index (κ3) is 4.40. The summed E-state index contributed by atoms with van der Waals surface area (Å²) in [6.45, 7) is 14.5. The Morgan fingerprint density at radius 3 is 2.30 bits per heavy atom. The molecule has 0 saturated heterocycles. The highest BCUT2D eigenvalue weighted by Gasteiger charge is 2.70. The summed E-state index contributed by atoms with van der Waals surface area (Å²) in [5.74, 6) is -0.909. The Bertz CT molecular complexity index is 994. The number of aliphatic hydroxyl groups is 2. The van der Waals surface area contributed by atoms with Crippen LogP contribution in [0.15, 0.2) is 22.8 Å². The van der Waals surface area contributed by atoms with Crippen LogP contribution in [0.3, 0.4) is 0 Å². The van der Waals surface area contributed by atoms with Gasteiger partial charge in [-0.1, -0.05) is 39.3 Å². The molecule has 6 nitrogen and oxygen atoms in total. The van der Waals surface area contributed by atoms with E-state index in [9.17, 15) is 24.9 Å². The summed E-state index contributed by atoms with van der Waals surface area (Å²) in [4.78, 5) is 24.8. The predicted molar refractivity (Wildman–Crippen MR) is 143 cm³/mol. The van der Waals surface area contributed by atoms with Crippen LogP contribution in [0.2, 0.25) is 0 Å². The molecule has 4 rings (SSSR count). The van der Waals surface area contributed by atoms with E-state index >= 15 is 0 Å². The molecule has 4 aliphatic rings. The summed E-state index contributed by atoms with van der Waals surface area (Å²) in [5.41, 5.74) is 1.57. The largest absolute Gasteiger partial charge is 0.478 e. The first-order valence-corrected chi connectivity index (χ1v) is 14.3. The predicted octanol–water partition coefficient (Wildman–Crippen LogP) is 5.67. The van der Waals surface area contributed by atoms with Crippen LogP contribution in [-0.2, 0) is 14.3 Å². The van der Waals surface area contributed by atoms with Crippen molar-refractivity contribution in [2.45, 2.75) is 118 Å².